The number of thioether (sulfide) groups is 1. The number of benzene rings is 3. The highest BCUT2D eigenvalue weighted by Gasteiger charge is 2.30. The van der Waals surface area contributed by atoms with Crippen molar-refractivity contribution in [3.63, 3.8) is 0 Å². The predicted molar refractivity (Wildman–Crippen MR) is 262 cm³/mol. The van der Waals surface area contributed by atoms with Gasteiger partial charge in [0, 0.05) is 79.9 Å². The fourth-order valence-electron chi connectivity index (χ4n) is 7.44. The Labute approximate surface area is 403 Å². The highest BCUT2D eigenvalue weighted by atomic mass is 32.2. The SMILES string of the molecule is CCN(CC)CCN(C)C(=O)CCOCCOCCOCCOCCSCc1cccc(C(=O)Nc2ccc(N3CCCCC3)cc2-c2cc(C(=O)NCc3cccc(C(F)(F)F)c3)ccn2)c1. The third kappa shape index (κ3) is 18.5. The number of halogens is 3. The molecule has 2 N–H and O–H groups in total. The second kappa shape index (κ2) is 29.1. The van der Waals surface area contributed by atoms with E-state index in [4.69, 9.17) is 18.9 Å². The largest absolute Gasteiger partial charge is 0.416 e. The number of hydrogen-bond donors (Lipinski definition) is 2. The molecule has 1 aliphatic rings. The van der Waals surface area contributed by atoms with Crippen molar-refractivity contribution < 1.29 is 46.5 Å². The Hall–Kier alpha value is -5.04. The Morgan fingerprint density at radius 1 is 0.735 bits per heavy atom. The number of ether oxygens (including phenoxy) is 4. The van der Waals surface area contributed by atoms with Gasteiger partial charge in [-0.1, -0.05) is 38.1 Å². The van der Waals surface area contributed by atoms with Crippen molar-refractivity contribution in [3.05, 3.63) is 113 Å². The highest BCUT2D eigenvalue weighted by molar-refractivity contribution is 7.98. The van der Waals surface area contributed by atoms with Crippen LogP contribution < -0.4 is 15.5 Å². The molecule has 0 unspecified atom stereocenters. The second-order valence-corrected chi connectivity index (χ2v) is 17.4. The fourth-order valence-corrected chi connectivity index (χ4v) is 8.23. The Kier molecular flexibility index (Phi) is 23.1. The number of hydrogen-bond acceptors (Lipinski definition) is 11. The maximum atomic E-state index is 13.8. The molecule has 370 valence electrons. The van der Waals surface area contributed by atoms with Gasteiger partial charge in [0.2, 0.25) is 5.91 Å². The van der Waals surface area contributed by atoms with Gasteiger partial charge >= 0.3 is 6.18 Å². The van der Waals surface area contributed by atoms with Crippen LogP contribution in [0.1, 0.15) is 76.9 Å². The van der Waals surface area contributed by atoms with Crippen LogP contribution in [0, 0.1) is 0 Å². The monoisotopic (exact) mass is 964 g/mol. The topological polar surface area (TPSA) is 135 Å². The molecular formula is C51H67F3N6O7S. The van der Waals surface area contributed by atoms with Crippen LogP contribution in [0.5, 0.6) is 0 Å². The zero-order valence-corrected chi connectivity index (χ0v) is 40.4. The number of rotatable bonds is 29. The van der Waals surface area contributed by atoms with Gasteiger partial charge in [-0.15, -0.1) is 0 Å². The summed E-state index contributed by atoms with van der Waals surface area (Å²) in [5, 5.41) is 5.80. The van der Waals surface area contributed by atoms with Crippen molar-refractivity contribution in [1.82, 2.24) is 20.1 Å². The van der Waals surface area contributed by atoms with Gasteiger partial charge in [0.05, 0.1) is 76.2 Å². The van der Waals surface area contributed by atoms with Crippen LogP contribution in [-0.2, 0) is 42.2 Å². The molecule has 1 aliphatic heterocycles. The van der Waals surface area contributed by atoms with Crippen LogP contribution in [0.25, 0.3) is 11.3 Å². The Balaban J connectivity index is 1.02. The van der Waals surface area contributed by atoms with Gasteiger partial charge in [0.15, 0.2) is 0 Å². The van der Waals surface area contributed by atoms with Crippen molar-refractivity contribution in [1.29, 1.82) is 0 Å². The minimum absolute atomic E-state index is 0.0791. The van der Waals surface area contributed by atoms with Crippen molar-refractivity contribution in [3.8, 4) is 11.3 Å². The van der Waals surface area contributed by atoms with Crippen LogP contribution in [0.4, 0.5) is 24.5 Å². The normalized spacial score (nSPS) is 12.9. The molecule has 1 saturated heterocycles. The van der Waals surface area contributed by atoms with E-state index >= 15 is 0 Å². The maximum Gasteiger partial charge on any atom is 0.416 e. The lowest BCUT2D eigenvalue weighted by molar-refractivity contribution is -0.137. The summed E-state index contributed by atoms with van der Waals surface area (Å²) in [6, 6.07) is 21.3. The molecule has 2 heterocycles. The minimum Gasteiger partial charge on any atom is -0.379 e. The van der Waals surface area contributed by atoms with E-state index in [1.54, 1.807) is 34.9 Å². The average Bonchev–Trinajstić information content (AvgIpc) is 3.36. The Bertz CT molecular complexity index is 2170. The molecule has 0 saturated carbocycles. The van der Waals surface area contributed by atoms with E-state index in [0.29, 0.717) is 99.6 Å². The summed E-state index contributed by atoms with van der Waals surface area (Å²) in [5.41, 5.74) is 3.89. The molecule has 17 heteroatoms. The molecule has 0 atom stereocenters. The summed E-state index contributed by atoms with van der Waals surface area (Å²) in [7, 11) is 1.83. The molecule has 68 heavy (non-hydrogen) atoms. The van der Waals surface area contributed by atoms with Crippen LogP contribution in [0.3, 0.4) is 0 Å². The van der Waals surface area contributed by atoms with Gasteiger partial charge < -0.3 is 44.3 Å². The number of carbonyl (C=O) groups excluding carboxylic acids is 3. The summed E-state index contributed by atoms with van der Waals surface area (Å²) in [6.45, 7) is 13.1. The number of carbonyl (C=O) groups is 3. The number of likely N-dealkylation sites (N-methyl/N-ethyl adjacent to an activating group) is 2. The molecule has 1 aromatic heterocycles. The van der Waals surface area contributed by atoms with Crippen molar-refractivity contribution >= 4 is 40.9 Å². The fraction of sp³-hybridized carbons (Fsp3) is 0.490. The molecule has 0 aliphatic carbocycles. The van der Waals surface area contributed by atoms with Gasteiger partial charge in [-0.05, 0) is 98.1 Å². The average molecular weight is 965 g/mol. The zero-order valence-electron chi connectivity index (χ0n) is 39.6. The van der Waals surface area contributed by atoms with Gasteiger partial charge in [0.1, 0.15) is 0 Å². The van der Waals surface area contributed by atoms with Gasteiger partial charge in [-0.25, -0.2) is 0 Å². The Morgan fingerprint density at radius 3 is 2.10 bits per heavy atom. The molecule has 1 fully saturated rings. The first-order valence-electron chi connectivity index (χ1n) is 23.5. The number of pyridine rings is 1. The molecule has 3 amide bonds. The van der Waals surface area contributed by atoms with Crippen molar-refractivity contribution in [2.24, 2.45) is 0 Å². The Morgan fingerprint density at radius 2 is 1.40 bits per heavy atom. The molecule has 3 aromatic carbocycles. The lowest BCUT2D eigenvalue weighted by atomic mass is 10.0. The van der Waals surface area contributed by atoms with E-state index < -0.39 is 17.6 Å². The van der Waals surface area contributed by atoms with E-state index in [9.17, 15) is 27.6 Å². The first-order chi connectivity index (χ1) is 32.9. The summed E-state index contributed by atoms with van der Waals surface area (Å²) in [5.74, 6) is 0.765. The lowest BCUT2D eigenvalue weighted by Crippen LogP contribution is -2.36. The molecule has 0 bridgehead atoms. The van der Waals surface area contributed by atoms with Crippen LogP contribution in [0.2, 0.25) is 0 Å². The molecule has 4 aromatic rings. The molecule has 0 spiro atoms. The highest BCUT2D eigenvalue weighted by Crippen LogP contribution is 2.34. The van der Waals surface area contributed by atoms with Gasteiger partial charge in [0.25, 0.3) is 11.8 Å². The smallest absolute Gasteiger partial charge is 0.379 e. The van der Waals surface area contributed by atoms with Crippen LogP contribution >= 0.6 is 11.8 Å². The van der Waals surface area contributed by atoms with Crippen LogP contribution in [-0.4, -0.2) is 137 Å². The van der Waals surface area contributed by atoms with Gasteiger partial charge in [-0.3, -0.25) is 19.4 Å². The molecule has 0 radical (unpaired) electrons. The lowest BCUT2D eigenvalue weighted by Gasteiger charge is -2.29. The van der Waals surface area contributed by atoms with Crippen molar-refractivity contribution in [2.75, 3.05) is 115 Å². The van der Waals surface area contributed by atoms with Crippen LogP contribution in [0.15, 0.2) is 85.1 Å². The summed E-state index contributed by atoms with van der Waals surface area (Å²) < 4.78 is 62.3. The number of nitrogens with zero attached hydrogens (tertiary/aromatic N) is 4. The van der Waals surface area contributed by atoms with E-state index in [1.807, 2.05) is 43.4 Å². The maximum absolute atomic E-state index is 13.8. The predicted octanol–water partition coefficient (Wildman–Crippen LogP) is 8.43. The molecule has 5 rings (SSSR count). The number of alkyl halides is 3. The summed E-state index contributed by atoms with van der Waals surface area (Å²) in [4.78, 5) is 50.3. The number of anilines is 2. The third-order valence-corrected chi connectivity index (χ3v) is 12.4. The minimum atomic E-state index is -4.49. The number of amides is 3. The van der Waals surface area contributed by atoms with Crippen molar-refractivity contribution in [2.45, 2.75) is 58.0 Å². The second-order valence-electron chi connectivity index (χ2n) is 16.3. The molecular weight excluding hydrogens is 898 g/mol. The summed E-state index contributed by atoms with van der Waals surface area (Å²) in [6.07, 6.45) is 0.681. The zero-order chi connectivity index (χ0) is 48.6. The first-order valence-corrected chi connectivity index (χ1v) is 24.7. The first kappa shape index (κ1) is 53.9. The number of aromatic nitrogens is 1. The summed E-state index contributed by atoms with van der Waals surface area (Å²) >= 11 is 1.70. The standard InChI is InChI=1S/C51H67F3N6O7S/c1-4-59(5-2)23-22-58(3)48(61)18-24-64-25-26-65-27-28-66-29-30-67-31-32-68-38-40-12-9-13-41(33-40)50(63)57-46-16-15-44(60-20-7-6-8-21-60)36-45(46)47-35-42(17-19-55-47)49(62)56-37-39-11-10-14-43(34-39)51(52,53)54/h9-17,19,33-36H,4-8,18,20-32,37-38H2,1-3H3,(H,56,62)(H,57,63). The van der Waals surface area contributed by atoms with Gasteiger partial charge in [-0.2, -0.15) is 24.9 Å². The van der Waals surface area contributed by atoms with E-state index in [2.05, 4.69) is 39.3 Å². The molecule has 13 nitrogen and oxygen atoms in total. The third-order valence-electron chi connectivity index (χ3n) is 11.5. The van der Waals surface area contributed by atoms with E-state index in [1.165, 1.54) is 18.3 Å². The number of piperidine rings is 1. The van der Waals surface area contributed by atoms with E-state index in [0.717, 1.165) is 81.1 Å². The number of nitrogens with one attached hydrogen (secondary N) is 2. The van der Waals surface area contributed by atoms with E-state index in [-0.39, 0.29) is 23.9 Å². The quantitative estimate of drug-likeness (QED) is 0.0508.